The molecule has 0 radical (unpaired) electrons. The van der Waals surface area contributed by atoms with Gasteiger partial charge in [-0.1, -0.05) is 18.2 Å². The second kappa shape index (κ2) is 7.07. The van der Waals surface area contributed by atoms with E-state index < -0.39 is 0 Å². The minimum atomic E-state index is 0.124. The van der Waals surface area contributed by atoms with Crippen LogP contribution in [0.15, 0.2) is 36.7 Å². The second-order valence-corrected chi connectivity index (χ2v) is 4.71. The number of ether oxygens (including phenoxy) is 1. The Hall–Kier alpha value is -1.85. The summed E-state index contributed by atoms with van der Waals surface area (Å²) in [7, 11) is 1.69. The summed E-state index contributed by atoms with van der Waals surface area (Å²) >= 11 is 0. The van der Waals surface area contributed by atoms with Gasteiger partial charge in [0, 0.05) is 31.4 Å². The van der Waals surface area contributed by atoms with E-state index in [1.807, 2.05) is 30.6 Å². The number of para-hydroxylation sites is 1. The van der Waals surface area contributed by atoms with E-state index >= 15 is 0 Å². The molecule has 1 heterocycles. The molecule has 5 heteroatoms. The Labute approximate surface area is 119 Å². The van der Waals surface area contributed by atoms with E-state index in [1.165, 1.54) is 0 Å². The highest BCUT2D eigenvalue weighted by Gasteiger charge is 2.14. The Morgan fingerprint density at radius 2 is 2.15 bits per heavy atom. The maximum Gasteiger partial charge on any atom is 0.122 e. The Balaban J connectivity index is 2.09. The van der Waals surface area contributed by atoms with E-state index in [0.29, 0.717) is 0 Å². The zero-order valence-corrected chi connectivity index (χ0v) is 12.0. The minimum Gasteiger partial charge on any atom is -0.496 e. The van der Waals surface area contributed by atoms with Crippen LogP contribution in [0.1, 0.15) is 18.3 Å². The van der Waals surface area contributed by atoms with Gasteiger partial charge in [0.1, 0.15) is 11.6 Å². The first-order valence-corrected chi connectivity index (χ1v) is 6.86. The number of aromatic nitrogens is 2. The van der Waals surface area contributed by atoms with Gasteiger partial charge in [-0.2, -0.15) is 0 Å². The molecule has 0 spiro atoms. The molecule has 5 nitrogen and oxygen atoms in total. The molecule has 0 bridgehead atoms. The number of aryl methyl sites for hydroxylation is 1. The Morgan fingerprint density at radius 3 is 2.85 bits per heavy atom. The third-order valence-corrected chi connectivity index (χ3v) is 3.47. The van der Waals surface area contributed by atoms with E-state index in [1.54, 1.807) is 7.11 Å². The van der Waals surface area contributed by atoms with Crippen LogP contribution in [0.4, 0.5) is 0 Å². The van der Waals surface area contributed by atoms with Gasteiger partial charge in [-0.05, 0) is 25.0 Å². The molecule has 0 saturated carbocycles. The highest BCUT2D eigenvalue weighted by Crippen LogP contribution is 2.19. The number of hydrogen-bond donors (Lipinski definition) is 2. The summed E-state index contributed by atoms with van der Waals surface area (Å²) in [5, 5.41) is 0. The van der Waals surface area contributed by atoms with Crippen LogP contribution in [0.3, 0.4) is 0 Å². The van der Waals surface area contributed by atoms with Crippen molar-refractivity contribution in [1.82, 2.24) is 15.0 Å². The summed E-state index contributed by atoms with van der Waals surface area (Å²) in [6.45, 7) is 3.03. The van der Waals surface area contributed by atoms with Crippen molar-refractivity contribution in [3.63, 3.8) is 0 Å². The molecule has 0 saturated heterocycles. The molecule has 20 heavy (non-hydrogen) atoms. The predicted molar refractivity (Wildman–Crippen MR) is 79.4 cm³/mol. The molecular weight excluding hydrogens is 252 g/mol. The highest BCUT2D eigenvalue weighted by atomic mass is 16.5. The average Bonchev–Trinajstić information content (AvgIpc) is 2.94. The number of nitrogens with two attached hydrogens (primary N) is 1. The van der Waals surface area contributed by atoms with E-state index in [9.17, 15) is 0 Å². The first-order valence-electron chi connectivity index (χ1n) is 6.86. The van der Waals surface area contributed by atoms with Gasteiger partial charge in [-0.15, -0.1) is 0 Å². The van der Waals surface area contributed by atoms with Crippen molar-refractivity contribution in [3.8, 4) is 5.75 Å². The topological polar surface area (TPSA) is 65.1 Å². The van der Waals surface area contributed by atoms with Crippen molar-refractivity contribution in [2.24, 2.45) is 5.84 Å². The SMILES string of the molecule is CCn1ccnc1CC(Cc1ccccc1OC)NN. The second-order valence-electron chi connectivity index (χ2n) is 4.71. The summed E-state index contributed by atoms with van der Waals surface area (Å²) in [6.07, 6.45) is 5.41. The highest BCUT2D eigenvalue weighted by molar-refractivity contribution is 5.33. The number of imidazole rings is 1. The van der Waals surface area contributed by atoms with E-state index in [2.05, 4.69) is 28.0 Å². The molecule has 1 aromatic carbocycles. The predicted octanol–water partition coefficient (Wildman–Crippen LogP) is 1.53. The van der Waals surface area contributed by atoms with Crippen LogP contribution in [-0.4, -0.2) is 22.7 Å². The van der Waals surface area contributed by atoms with Gasteiger partial charge < -0.3 is 9.30 Å². The molecule has 0 aliphatic rings. The molecule has 2 aromatic rings. The maximum absolute atomic E-state index is 5.69. The van der Waals surface area contributed by atoms with E-state index in [-0.39, 0.29) is 6.04 Å². The van der Waals surface area contributed by atoms with Crippen LogP contribution in [-0.2, 0) is 19.4 Å². The van der Waals surface area contributed by atoms with E-state index in [0.717, 1.165) is 36.5 Å². The molecule has 1 aromatic heterocycles. The van der Waals surface area contributed by atoms with Crippen molar-refractivity contribution < 1.29 is 4.74 Å². The quantitative estimate of drug-likeness (QED) is 0.593. The zero-order chi connectivity index (χ0) is 14.4. The fourth-order valence-corrected chi connectivity index (χ4v) is 2.37. The fraction of sp³-hybridized carbons (Fsp3) is 0.400. The monoisotopic (exact) mass is 274 g/mol. The normalized spacial score (nSPS) is 12.3. The lowest BCUT2D eigenvalue weighted by Gasteiger charge is -2.17. The van der Waals surface area contributed by atoms with Crippen molar-refractivity contribution in [2.45, 2.75) is 32.4 Å². The first-order chi connectivity index (χ1) is 9.78. The van der Waals surface area contributed by atoms with Crippen LogP contribution in [0.2, 0.25) is 0 Å². The van der Waals surface area contributed by atoms with E-state index in [4.69, 9.17) is 10.6 Å². The van der Waals surface area contributed by atoms with Gasteiger partial charge in [0.25, 0.3) is 0 Å². The molecule has 2 rings (SSSR count). The Morgan fingerprint density at radius 1 is 1.35 bits per heavy atom. The van der Waals surface area contributed by atoms with Crippen LogP contribution < -0.4 is 16.0 Å². The van der Waals surface area contributed by atoms with Crippen LogP contribution in [0.5, 0.6) is 5.75 Å². The Kier molecular flexibility index (Phi) is 5.15. The smallest absolute Gasteiger partial charge is 0.122 e. The van der Waals surface area contributed by atoms with Crippen LogP contribution in [0.25, 0.3) is 0 Å². The average molecular weight is 274 g/mol. The van der Waals surface area contributed by atoms with Gasteiger partial charge in [0.05, 0.1) is 7.11 Å². The summed E-state index contributed by atoms with van der Waals surface area (Å²) < 4.78 is 7.51. The number of methoxy groups -OCH3 is 1. The first kappa shape index (κ1) is 14.6. The number of nitrogens with one attached hydrogen (secondary N) is 1. The molecule has 0 aliphatic carbocycles. The lowest BCUT2D eigenvalue weighted by Crippen LogP contribution is -2.39. The summed E-state index contributed by atoms with van der Waals surface area (Å²) in [5.41, 5.74) is 4.03. The van der Waals surface area contributed by atoms with Crippen molar-refractivity contribution >= 4 is 0 Å². The molecule has 108 valence electrons. The number of hydrazine groups is 1. The van der Waals surface area contributed by atoms with Gasteiger partial charge in [-0.25, -0.2) is 4.98 Å². The molecule has 3 N–H and O–H groups in total. The number of hydrogen-bond acceptors (Lipinski definition) is 4. The maximum atomic E-state index is 5.69. The third kappa shape index (κ3) is 3.37. The largest absolute Gasteiger partial charge is 0.496 e. The molecule has 0 aliphatic heterocycles. The lowest BCUT2D eigenvalue weighted by atomic mass is 10.0. The standard InChI is InChI=1S/C15H22N4O/c1-3-19-9-8-17-15(19)11-13(18-16)10-12-6-4-5-7-14(12)20-2/h4-9,13,18H,3,10-11,16H2,1-2H3. The van der Waals surface area contributed by atoms with Crippen LogP contribution >= 0.6 is 0 Å². The third-order valence-electron chi connectivity index (χ3n) is 3.47. The van der Waals surface area contributed by atoms with Gasteiger partial charge in [0.2, 0.25) is 0 Å². The summed E-state index contributed by atoms with van der Waals surface area (Å²) in [6, 6.07) is 8.14. The lowest BCUT2D eigenvalue weighted by molar-refractivity contribution is 0.404. The molecule has 1 unspecified atom stereocenters. The van der Waals surface area contributed by atoms with Crippen molar-refractivity contribution in [2.75, 3.05) is 7.11 Å². The van der Waals surface area contributed by atoms with Gasteiger partial charge >= 0.3 is 0 Å². The summed E-state index contributed by atoms with van der Waals surface area (Å²) in [5.74, 6) is 7.63. The number of nitrogens with zero attached hydrogens (tertiary/aromatic N) is 2. The van der Waals surface area contributed by atoms with Crippen molar-refractivity contribution in [3.05, 3.63) is 48.0 Å². The Bertz CT molecular complexity index is 538. The summed E-state index contributed by atoms with van der Waals surface area (Å²) in [4.78, 5) is 4.40. The number of benzene rings is 1. The van der Waals surface area contributed by atoms with Crippen molar-refractivity contribution in [1.29, 1.82) is 0 Å². The molecular formula is C15H22N4O. The van der Waals surface area contributed by atoms with Gasteiger partial charge in [0.15, 0.2) is 0 Å². The number of rotatable bonds is 7. The molecule has 0 fully saturated rings. The zero-order valence-electron chi connectivity index (χ0n) is 12.0. The minimum absolute atomic E-state index is 0.124. The van der Waals surface area contributed by atoms with Crippen LogP contribution in [0, 0.1) is 0 Å². The molecule has 0 amide bonds. The van der Waals surface area contributed by atoms with Gasteiger partial charge in [-0.3, -0.25) is 11.3 Å². The molecule has 1 atom stereocenters. The fourth-order valence-electron chi connectivity index (χ4n) is 2.37.